The number of hydrogen-bond acceptors (Lipinski definition) is 8. The number of nitrogens with zero attached hydrogens (tertiary/aromatic N) is 2. The molecule has 0 bridgehead atoms. The summed E-state index contributed by atoms with van der Waals surface area (Å²) in [6.45, 7) is 5.30. The number of ether oxygens (including phenoxy) is 3. The lowest BCUT2D eigenvalue weighted by Gasteiger charge is -2.38. The van der Waals surface area contributed by atoms with Crippen molar-refractivity contribution in [1.82, 2.24) is 15.2 Å². The first-order valence-corrected chi connectivity index (χ1v) is 12.8. The van der Waals surface area contributed by atoms with Gasteiger partial charge < -0.3 is 24.1 Å². The molecule has 0 aliphatic carbocycles. The molecule has 2 aromatic carbocycles. The van der Waals surface area contributed by atoms with Gasteiger partial charge in [-0.15, -0.1) is 0 Å². The van der Waals surface area contributed by atoms with Crippen LogP contribution in [0.1, 0.15) is 45.3 Å². The fourth-order valence-corrected chi connectivity index (χ4v) is 4.40. The van der Waals surface area contributed by atoms with E-state index >= 15 is 0 Å². The zero-order chi connectivity index (χ0) is 29.6. The number of carbonyl (C=O) groups excluding carboxylic acids is 2. The van der Waals surface area contributed by atoms with Crippen molar-refractivity contribution in [2.75, 3.05) is 13.7 Å². The number of nitrogens with one attached hydrogen (secondary N) is 2. The molecule has 1 fully saturated rings. The number of esters is 1. The van der Waals surface area contributed by atoms with Crippen LogP contribution in [0, 0.1) is 11.6 Å². The SMILES string of the molecule is C=N[C@]1(Cn2cc(C(=O)NCc3ccc(F)cc3F)c(=O)c(OCc3ccccc3)c2C(=O)OC)N[C@@H](C)CCO1. The Morgan fingerprint density at radius 3 is 2.66 bits per heavy atom. The predicted molar refractivity (Wildman–Crippen MR) is 146 cm³/mol. The van der Waals surface area contributed by atoms with E-state index in [1.807, 2.05) is 13.0 Å². The molecule has 0 unspecified atom stereocenters. The maximum Gasteiger partial charge on any atom is 0.358 e. The van der Waals surface area contributed by atoms with Crippen LogP contribution in [0.3, 0.4) is 0 Å². The Hall–Kier alpha value is -4.42. The summed E-state index contributed by atoms with van der Waals surface area (Å²) in [6, 6.07) is 11.8. The summed E-state index contributed by atoms with van der Waals surface area (Å²) in [5, 5.41) is 5.67. The molecule has 216 valence electrons. The second kappa shape index (κ2) is 12.8. The molecular formula is C29H30F2N4O6. The van der Waals surface area contributed by atoms with Gasteiger partial charge in [0.25, 0.3) is 5.91 Å². The molecule has 1 amide bonds. The van der Waals surface area contributed by atoms with Crippen LogP contribution in [0.2, 0.25) is 0 Å². The Morgan fingerprint density at radius 2 is 2.00 bits per heavy atom. The number of carbonyl (C=O) groups is 2. The molecule has 2 heterocycles. The lowest BCUT2D eigenvalue weighted by atomic mass is 10.1. The van der Waals surface area contributed by atoms with Crippen LogP contribution in [0.15, 0.2) is 64.5 Å². The average molecular weight is 569 g/mol. The van der Waals surface area contributed by atoms with Gasteiger partial charge >= 0.3 is 5.97 Å². The van der Waals surface area contributed by atoms with Crippen molar-refractivity contribution in [2.24, 2.45) is 4.99 Å². The minimum atomic E-state index is -1.39. The van der Waals surface area contributed by atoms with Gasteiger partial charge in [-0.3, -0.25) is 19.9 Å². The minimum Gasteiger partial charge on any atom is -0.482 e. The molecule has 10 nitrogen and oxygen atoms in total. The number of methoxy groups -OCH3 is 1. The Bertz CT molecular complexity index is 1500. The Balaban J connectivity index is 1.78. The molecule has 0 radical (unpaired) electrons. The van der Waals surface area contributed by atoms with Crippen molar-refractivity contribution in [3.05, 3.63) is 99.0 Å². The molecular weight excluding hydrogens is 538 g/mol. The fourth-order valence-electron chi connectivity index (χ4n) is 4.40. The molecule has 1 aliphatic heterocycles. The van der Waals surface area contributed by atoms with Crippen molar-refractivity contribution in [3.63, 3.8) is 0 Å². The van der Waals surface area contributed by atoms with Crippen molar-refractivity contribution in [2.45, 2.75) is 44.9 Å². The highest BCUT2D eigenvalue weighted by Crippen LogP contribution is 2.25. The van der Waals surface area contributed by atoms with Crippen LogP contribution in [0.25, 0.3) is 0 Å². The molecule has 4 rings (SSSR count). The quantitative estimate of drug-likeness (QED) is 0.285. The van der Waals surface area contributed by atoms with Crippen molar-refractivity contribution < 1.29 is 32.6 Å². The zero-order valence-electron chi connectivity index (χ0n) is 22.6. The maximum absolute atomic E-state index is 14.2. The van der Waals surface area contributed by atoms with Gasteiger partial charge in [0.2, 0.25) is 11.3 Å². The van der Waals surface area contributed by atoms with E-state index in [2.05, 4.69) is 22.3 Å². The first-order chi connectivity index (χ1) is 19.7. The van der Waals surface area contributed by atoms with Gasteiger partial charge in [-0.1, -0.05) is 36.4 Å². The van der Waals surface area contributed by atoms with Crippen LogP contribution in [0.4, 0.5) is 8.78 Å². The number of benzene rings is 2. The van der Waals surface area contributed by atoms with Gasteiger partial charge in [0, 0.05) is 30.4 Å². The molecule has 1 saturated heterocycles. The van der Waals surface area contributed by atoms with E-state index in [9.17, 15) is 23.2 Å². The number of pyridine rings is 1. The molecule has 3 aromatic rings. The number of aliphatic imine (C=N–C) groups is 1. The van der Waals surface area contributed by atoms with Crippen molar-refractivity contribution in [1.29, 1.82) is 0 Å². The lowest BCUT2D eigenvalue weighted by molar-refractivity contribution is -0.111. The van der Waals surface area contributed by atoms with E-state index in [4.69, 9.17) is 14.2 Å². The summed E-state index contributed by atoms with van der Waals surface area (Å²) in [7, 11) is 1.15. The zero-order valence-corrected chi connectivity index (χ0v) is 22.6. The molecule has 1 aromatic heterocycles. The van der Waals surface area contributed by atoms with Gasteiger partial charge in [-0.05, 0) is 31.7 Å². The summed E-state index contributed by atoms with van der Waals surface area (Å²) in [5.41, 5.74) is -0.838. The van der Waals surface area contributed by atoms with Gasteiger partial charge in [0.05, 0.1) is 20.3 Å². The van der Waals surface area contributed by atoms with E-state index in [0.29, 0.717) is 24.7 Å². The second-order valence-corrected chi connectivity index (χ2v) is 9.49. The highest BCUT2D eigenvalue weighted by molar-refractivity contribution is 5.96. The largest absolute Gasteiger partial charge is 0.482 e. The highest BCUT2D eigenvalue weighted by atomic mass is 19.1. The number of amides is 1. The van der Waals surface area contributed by atoms with Crippen LogP contribution >= 0.6 is 0 Å². The van der Waals surface area contributed by atoms with E-state index in [1.54, 1.807) is 24.3 Å². The van der Waals surface area contributed by atoms with Gasteiger partial charge in [0.15, 0.2) is 11.4 Å². The van der Waals surface area contributed by atoms with Gasteiger partial charge in [-0.25, -0.2) is 13.6 Å². The first kappa shape index (κ1) is 29.6. The second-order valence-electron chi connectivity index (χ2n) is 9.49. The Labute approximate surface area is 235 Å². The molecule has 41 heavy (non-hydrogen) atoms. The summed E-state index contributed by atoms with van der Waals surface area (Å²) in [4.78, 5) is 44.0. The molecule has 2 atom stereocenters. The van der Waals surface area contributed by atoms with Crippen molar-refractivity contribution >= 4 is 18.6 Å². The minimum absolute atomic E-state index is 0.00964. The summed E-state index contributed by atoms with van der Waals surface area (Å²) >= 11 is 0. The lowest BCUT2D eigenvalue weighted by Crippen LogP contribution is -2.57. The molecule has 12 heteroatoms. The van der Waals surface area contributed by atoms with Crippen LogP contribution in [0.5, 0.6) is 5.75 Å². The molecule has 0 saturated carbocycles. The number of aromatic nitrogens is 1. The highest BCUT2D eigenvalue weighted by Gasteiger charge is 2.37. The van der Waals surface area contributed by atoms with Gasteiger partial charge in [-0.2, -0.15) is 0 Å². The van der Waals surface area contributed by atoms with E-state index in [1.165, 1.54) is 10.6 Å². The third-order valence-electron chi connectivity index (χ3n) is 6.55. The monoisotopic (exact) mass is 568 g/mol. The molecule has 0 spiro atoms. The van der Waals surface area contributed by atoms with Crippen LogP contribution < -0.4 is 20.8 Å². The third-order valence-corrected chi connectivity index (χ3v) is 6.55. The van der Waals surface area contributed by atoms with E-state index < -0.39 is 46.1 Å². The maximum atomic E-state index is 14.2. The fraction of sp³-hybridized carbons (Fsp3) is 0.310. The summed E-state index contributed by atoms with van der Waals surface area (Å²) in [6.07, 6.45) is 1.86. The summed E-state index contributed by atoms with van der Waals surface area (Å²) < 4.78 is 45.5. The normalized spacial score (nSPS) is 18.4. The van der Waals surface area contributed by atoms with E-state index in [0.717, 1.165) is 19.4 Å². The van der Waals surface area contributed by atoms with Crippen molar-refractivity contribution in [3.8, 4) is 5.75 Å². The van der Waals surface area contributed by atoms with Crippen LogP contribution in [-0.2, 0) is 29.2 Å². The molecule has 1 aliphatic rings. The Morgan fingerprint density at radius 1 is 1.24 bits per heavy atom. The molecule has 2 N–H and O–H groups in total. The van der Waals surface area contributed by atoms with Gasteiger partial charge in [0.1, 0.15) is 23.8 Å². The summed E-state index contributed by atoms with van der Waals surface area (Å²) in [5.74, 6) is -5.21. The topological polar surface area (TPSA) is 120 Å². The standard InChI is InChI=1S/C29H30F2N4O6/c1-18-11-12-41-29(32-2,34-18)17-35-15-22(27(37)33-14-20-9-10-21(30)13-23(20)31)25(36)26(24(35)28(38)39-3)40-16-19-7-5-4-6-8-19/h4-10,13,15,18,34H,2,11-12,14,16-17H2,1,3H3,(H,33,37)/t18-,29+/m0/s1. The number of rotatable bonds is 10. The number of hydrogen-bond donors (Lipinski definition) is 2. The van der Waals surface area contributed by atoms with Crippen LogP contribution in [-0.4, -0.2) is 48.8 Å². The third kappa shape index (κ3) is 6.84. The average Bonchev–Trinajstić information content (AvgIpc) is 2.96. The van der Waals surface area contributed by atoms with E-state index in [-0.39, 0.29) is 37.0 Å². The smallest absolute Gasteiger partial charge is 0.358 e. The Kier molecular flexibility index (Phi) is 9.25. The first-order valence-electron chi connectivity index (χ1n) is 12.8. The number of halogens is 2. The predicted octanol–water partition coefficient (Wildman–Crippen LogP) is 3.17.